The Bertz CT molecular complexity index is 1230. The van der Waals surface area contributed by atoms with Crippen molar-refractivity contribution < 1.29 is 22.7 Å². The number of fused-ring (bicyclic) bond motifs is 2. The largest absolute Gasteiger partial charge is 0.485 e. The molecule has 0 radical (unpaired) electrons. The van der Waals surface area contributed by atoms with Crippen molar-refractivity contribution >= 4 is 26.5 Å². The molecule has 5 rings (SSSR count). The number of carbonyl (C=O) groups excluding carboxylic acids is 1. The third-order valence-electron chi connectivity index (χ3n) is 5.94. The molecule has 2 heterocycles. The second-order valence-corrected chi connectivity index (χ2v) is 10.3. The van der Waals surface area contributed by atoms with Gasteiger partial charge in [-0.05, 0) is 34.9 Å². The first-order valence-electron chi connectivity index (χ1n) is 10.4. The first-order chi connectivity index (χ1) is 15.0. The van der Waals surface area contributed by atoms with E-state index in [1.165, 1.54) is 0 Å². The molecule has 0 N–H and O–H groups in total. The van der Waals surface area contributed by atoms with Crippen LogP contribution in [-0.4, -0.2) is 49.5 Å². The van der Waals surface area contributed by atoms with Gasteiger partial charge in [0, 0.05) is 12.6 Å². The Hall–Kier alpha value is -3.06. The Morgan fingerprint density at radius 1 is 0.968 bits per heavy atom. The molecule has 2 atom stereocenters. The van der Waals surface area contributed by atoms with Gasteiger partial charge in [0.05, 0.1) is 11.5 Å². The summed E-state index contributed by atoms with van der Waals surface area (Å²) in [5, 5.41) is 2.13. The fraction of sp³-hybridized carbons (Fsp3) is 0.292. The summed E-state index contributed by atoms with van der Waals surface area (Å²) in [6, 6.07) is 20.8. The summed E-state index contributed by atoms with van der Waals surface area (Å²) in [5.74, 6) is 0.964. The van der Waals surface area contributed by atoms with Crippen LogP contribution in [0.3, 0.4) is 0 Å². The number of ether oxygens (including phenoxy) is 2. The zero-order valence-electron chi connectivity index (χ0n) is 16.9. The van der Waals surface area contributed by atoms with Gasteiger partial charge in [-0.25, -0.2) is 8.42 Å². The summed E-state index contributed by atoms with van der Waals surface area (Å²) in [4.78, 5) is 15.2. The van der Waals surface area contributed by atoms with Crippen LogP contribution in [0.1, 0.15) is 12.0 Å². The van der Waals surface area contributed by atoms with E-state index in [1.807, 2.05) is 54.6 Å². The predicted octanol–water partition coefficient (Wildman–Crippen LogP) is 3.20. The minimum absolute atomic E-state index is 0.0202. The maximum Gasteiger partial charge on any atom is 0.267 e. The van der Waals surface area contributed by atoms with Crippen LogP contribution in [0.4, 0.5) is 0 Å². The van der Waals surface area contributed by atoms with Gasteiger partial charge in [-0.1, -0.05) is 54.6 Å². The van der Waals surface area contributed by atoms with E-state index in [-0.39, 0.29) is 30.1 Å². The van der Waals surface area contributed by atoms with E-state index in [4.69, 9.17) is 9.47 Å². The van der Waals surface area contributed by atoms with Gasteiger partial charge in [0.15, 0.2) is 21.3 Å². The molecule has 0 aliphatic carbocycles. The van der Waals surface area contributed by atoms with E-state index in [0.717, 1.165) is 16.3 Å². The van der Waals surface area contributed by atoms with Crippen LogP contribution in [0.25, 0.3) is 10.8 Å². The molecule has 3 aromatic rings. The molecular weight excluding hydrogens is 414 g/mol. The number of nitrogens with zero attached hydrogens (tertiary/aromatic N) is 1. The van der Waals surface area contributed by atoms with E-state index < -0.39 is 15.9 Å². The van der Waals surface area contributed by atoms with Crippen LogP contribution >= 0.6 is 0 Å². The number of benzene rings is 3. The molecule has 7 heteroatoms. The maximum atomic E-state index is 13.6. The number of carbonyl (C=O) groups is 1. The van der Waals surface area contributed by atoms with Crippen molar-refractivity contribution in [1.29, 1.82) is 0 Å². The van der Waals surface area contributed by atoms with Gasteiger partial charge in [-0.2, -0.15) is 0 Å². The highest BCUT2D eigenvalue weighted by Gasteiger charge is 2.39. The smallest absolute Gasteiger partial charge is 0.267 e. The molecular formula is C24H23NO5S. The second kappa shape index (κ2) is 7.89. The Labute approximate surface area is 181 Å². The van der Waals surface area contributed by atoms with Gasteiger partial charge in [-0.15, -0.1) is 0 Å². The van der Waals surface area contributed by atoms with Gasteiger partial charge >= 0.3 is 0 Å². The third kappa shape index (κ3) is 3.97. The Balaban J connectivity index is 1.47. The average molecular weight is 438 g/mol. The molecule has 2 aliphatic rings. The zero-order valence-corrected chi connectivity index (χ0v) is 17.8. The van der Waals surface area contributed by atoms with Gasteiger partial charge in [0.1, 0.15) is 6.61 Å². The lowest BCUT2D eigenvalue weighted by Gasteiger charge is -2.34. The number of hydrogen-bond donors (Lipinski definition) is 0. The van der Waals surface area contributed by atoms with Crippen molar-refractivity contribution in [2.24, 2.45) is 0 Å². The van der Waals surface area contributed by atoms with Crippen molar-refractivity contribution in [2.75, 3.05) is 18.1 Å². The zero-order chi connectivity index (χ0) is 21.4. The minimum atomic E-state index is -3.15. The van der Waals surface area contributed by atoms with E-state index in [1.54, 1.807) is 17.0 Å². The second-order valence-electron chi connectivity index (χ2n) is 8.03. The number of rotatable bonds is 4. The molecule has 1 fully saturated rings. The summed E-state index contributed by atoms with van der Waals surface area (Å²) < 4.78 is 36.0. The fourth-order valence-corrected chi connectivity index (χ4v) is 6.08. The van der Waals surface area contributed by atoms with Crippen LogP contribution < -0.4 is 9.47 Å². The lowest BCUT2D eigenvalue weighted by atomic mass is 10.0. The van der Waals surface area contributed by atoms with Crippen LogP contribution in [0.5, 0.6) is 11.5 Å². The van der Waals surface area contributed by atoms with Crippen LogP contribution in [0, 0.1) is 0 Å². The first-order valence-corrected chi connectivity index (χ1v) is 12.2. The molecule has 1 amide bonds. The van der Waals surface area contributed by atoms with E-state index in [9.17, 15) is 13.2 Å². The van der Waals surface area contributed by atoms with Crippen molar-refractivity contribution in [3.8, 4) is 11.5 Å². The summed E-state index contributed by atoms with van der Waals surface area (Å²) in [6.45, 7) is 0.420. The standard InChI is InChI=1S/C24H23NO5S/c26-24(23-15-29-21-10-3-4-11-22(21)30-23)25(19-12-13-31(27,28)16-19)14-18-8-5-7-17-6-1-2-9-20(17)18/h1-11,19,23H,12-16H2/t19-,23+/m0/s1. The van der Waals surface area contributed by atoms with Crippen LogP contribution in [0.15, 0.2) is 66.7 Å². The summed E-state index contributed by atoms with van der Waals surface area (Å²) in [7, 11) is -3.15. The minimum Gasteiger partial charge on any atom is -0.485 e. The fourth-order valence-electron chi connectivity index (χ4n) is 4.35. The molecule has 0 saturated carbocycles. The molecule has 31 heavy (non-hydrogen) atoms. The Morgan fingerprint density at radius 3 is 2.52 bits per heavy atom. The van der Waals surface area contributed by atoms with Crippen molar-refractivity contribution in [2.45, 2.75) is 25.1 Å². The first kappa shape index (κ1) is 19.9. The third-order valence-corrected chi connectivity index (χ3v) is 7.69. The van der Waals surface area contributed by atoms with E-state index >= 15 is 0 Å². The number of para-hydroxylation sites is 2. The monoisotopic (exact) mass is 437 g/mol. The summed E-state index contributed by atoms with van der Waals surface area (Å²) >= 11 is 0. The number of hydrogen-bond acceptors (Lipinski definition) is 5. The topological polar surface area (TPSA) is 72.9 Å². The molecule has 6 nitrogen and oxygen atoms in total. The highest BCUT2D eigenvalue weighted by atomic mass is 32.2. The van der Waals surface area contributed by atoms with Gasteiger partial charge < -0.3 is 14.4 Å². The highest BCUT2D eigenvalue weighted by molar-refractivity contribution is 7.91. The number of amides is 1. The van der Waals surface area contributed by atoms with Crippen molar-refractivity contribution in [3.05, 3.63) is 72.3 Å². The highest BCUT2D eigenvalue weighted by Crippen LogP contribution is 2.32. The summed E-state index contributed by atoms with van der Waals surface area (Å²) in [5.41, 5.74) is 0.980. The molecule has 160 valence electrons. The SMILES string of the molecule is O=C([C@H]1COc2ccccc2O1)N(Cc1cccc2ccccc12)[C@H]1CCS(=O)(=O)C1. The van der Waals surface area contributed by atoms with Crippen LogP contribution in [0.2, 0.25) is 0 Å². The lowest BCUT2D eigenvalue weighted by Crippen LogP contribution is -2.50. The predicted molar refractivity (Wildman–Crippen MR) is 118 cm³/mol. The summed E-state index contributed by atoms with van der Waals surface area (Å²) in [6.07, 6.45) is -0.378. The van der Waals surface area contributed by atoms with Gasteiger partial charge in [0.2, 0.25) is 6.10 Å². The van der Waals surface area contributed by atoms with E-state index in [0.29, 0.717) is 24.5 Å². The molecule has 0 aromatic heterocycles. The molecule has 0 unspecified atom stereocenters. The molecule has 1 saturated heterocycles. The quantitative estimate of drug-likeness (QED) is 0.627. The number of sulfone groups is 1. The van der Waals surface area contributed by atoms with Crippen LogP contribution in [-0.2, 0) is 21.2 Å². The average Bonchev–Trinajstić information content (AvgIpc) is 3.16. The molecule has 0 bridgehead atoms. The van der Waals surface area contributed by atoms with Crippen molar-refractivity contribution in [1.82, 2.24) is 4.90 Å². The van der Waals surface area contributed by atoms with E-state index in [2.05, 4.69) is 0 Å². The molecule has 2 aliphatic heterocycles. The lowest BCUT2D eigenvalue weighted by molar-refractivity contribution is -0.143. The Kier molecular flexibility index (Phi) is 5.06. The normalized spacial score (nSPS) is 21.7. The molecule has 0 spiro atoms. The maximum absolute atomic E-state index is 13.6. The van der Waals surface area contributed by atoms with Crippen molar-refractivity contribution in [3.63, 3.8) is 0 Å². The molecule has 3 aromatic carbocycles. The Morgan fingerprint density at radius 2 is 1.71 bits per heavy atom. The van der Waals surface area contributed by atoms with Gasteiger partial charge in [0.25, 0.3) is 5.91 Å². The van der Waals surface area contributed by atoms with Gasteiger partial charge in [-0.3, -0.25) is 4.79 Å².